The third kappa shape index (κ3) is 2.02. The zero-order chi connectivity index (χ0) is 18.7. The highest BCUT2D eigenvalue weighted by atomic mass is 35.5. The Hall–Kier alpha value is -2.59. The van der Waals surface area contributed by atoms with Crippen LogP contribution in [0.5, 0.6) is 0 Å². The molecule has 0 spiro atoms. The van der Waals surface area contributed by atoms with Crippen molar-refractivity contribution >= 4 is 35.1 Å². The summed E-state index contributed by atoms with van der Waals surface area (Å²) in [5, 5.41) is 9.33. The number of anilines is 1. The largest absolute Gasteiger partial charge is 0.335 e. The average Bonchev–Trinajstić information content (AvgIpc) is 3.29. The molecule has 0 N–H and O–H groups in total. The molecule has 1 aromatic carbocycles. The van der Waals surface area contributed by atoms with Gasteiger partial charge >= 0.3 is 6.03 Å². The first-order valence-electron chi connectivity index (χ1n) is 8.55. The summed E-state index contributed by atoms with van der Waals surface area (Å²) >= 11 is 6.21. The van der Waals surface area contributed by atoms with Gasteiger partial charge < -0.3 is 9.80 Å². The molecule has 3 fully saturated rings. The van der Waals surface area contributed by atoms with E-state index >= 15 is 0 Å². The van der Waals surface area contributed by atoms with Crippen LogP contribution in [0.3, 0.4) is 0 Å². The number of carbonyl (C=O) groups is 3. The zero-order valence-corrected chi connectivity index (χ0v) is 15.2. The van der Waals surface area contributed by atoms with Gasteiger partial charge in [-0.3, -0.25) is 9.59 Å². The number of benzene rings is 1. The van der Waals surface area contributed by atoms with E-state index in [9.17, 15) is 14.4 Å². The monoisotopic (exact) mass is 372 g/mol. The highest BCUT2D eigenvalue weighted by Crippen LogP contribution is 2.43. The van der Waals surface area contributed by atoms with E-state index in [1.165, 1.54) is 6.07 Å². The normalized spacial score (nSPS) is 26.5. The number of nitrogens with zero attached hydrogens (tertiary/aromatic N) is 4. The molecular weight excluding hydrogens is 356 g/mol. The van der Waals surface area contributed by atoms with Crippen LogP contribution in [0.1, 0.15) is 30.9 Å². The topological polar surface area (TPSA) is 84.7 Å². The lowest BCUT2D eigenvalue weighted by molar-refractivity contribution is -0.135. The summed E-state index contributed by atoms with van der Waals surface area (Å²) in [6.45, 7) is 3.96. The predicted octanol–water partition coefficient (Wildman–Crippen LogP) is 2.05. The zero-order valence-electron chi connectivity index (χ0n) is 14.4. The Balaban J connectivity index is 1.72. The van der Waals surface area contributed by atoms with E-state index in [1.54, 1.807) is 29.7 Å². The number of likely N-dealkylation sites (tertiary alicyclic amines) is 1. The molecular formula is C18H17ClN4O3. The summed E-state index contributed by atoms with van der Waals surface area (Å²) in [6, 6.07) is 3.68. The van der Waals surface area contributed by atoms with Crippen molar-refractivity contribution in [2.75, 3.05) is 11.4 Å². The van der Waals surface area contributed by atoms with Gasteiger partial charge in [0.25, 0.3) is 5.91 Å². The summed E-state index contributed by atoms with van der Waals surface area (Å²) in [4.78, 5) is 42.7. The molecule has 3 heterocycles. The van der Waals surface area contributed by atoms with Crippen LogP contribution < -0.4 is 4.90 Å². The first-order chi connectivity index (χ1) is 12.4. The molecule has 1 aromatic rings. The van der Waals surface area contributed by atoms with E-state index < -0.39 is 6.04 Å². The second-order valence-electron chi connectivity index (χ2n) is 6.85. The van der Waals surface area contributed by atoms with Crippen LogP contribution in [0.25, 0.3) is 0 Å². The summed E-state index contributed by atoms with van der Waals surface area (Å²) in [5.41, 5.74) is 1.21. The number of piperazine rings is 1. The maximum atomic E-state index is 13.1. The molecule has 2 bridgehead atoms. The Kier molecular flexibility index (Phi) is 3.70. The number of halogens is 1. The highest BCUT2D eigenvalue weighted by Gasteiger charge is 2.62. The number of amides is 4. The van der Waals surface area contributed by atoms with Crippen molar-refractivity contribution in [2.45, 2.75) is 44.8 Å². The summed E-state index contributed by atoms with van der Waals surface area (Å²) in [7, 11) is 0. The Morgan fingerprint density at radius 2 is 2.12 bits per heavy atom. The average molecular weight is 373 g/mol. The lowest BCUT2D eigenvalue weighted by Crippen LogP contribution is -2.54. The van der Waals surface area contributed by atoms with Gasteiger partial charge in [-0.25, -0.2) is 9.69 Å². The van der Waals surface area contributed by atoms with Gasteiger partial charge in [0, 0.05) is 13.0 Å². The lowest BCUT2D eigenvalue weighted by atomic mass is 10.1. The van der Waals surface area contributed by atoms with Crippen molar-refractivity contribution in [3.63, 3.8) is 0 Å². The number of rotatable bonds is 2. The van der Waals surface area contributed by atoms with Crippen LogP contribution in [-0.2, 0) is 9.59 Å². The molecule has 26 heavy (non-hydrogen) atoms. The van der Waals surface area contributed by atoms with E-state index in [2.05, 4.69) is 0 Å². The summed E-state index contributed by atoms with van der Waals surface area (Å²) in [5.74, 6) is -0.326. The molecule has 0 aliphatic carbocycles. The molecule has 7 nitrogen and oxygen atoms in total. The molecule has 0 aromatic heterocycles. The van der Waals surface area contributed by atoms with E-state index in [0.29, 0.717) is 36.2 Å². The second kappa shape index (κ2) is 5.71. The maximum absolute atomic E-state index is 13.1. The number of fused-ring (bicyclic) bond motifs is 5. The van der Waals surface area contributed by atoms with Gasteiger partial charge in [0.15, 0.2) is 0 Å². The fourth-order valence-corrected chi connectivity index (χ4v) is 4.57. The number of hydrogen-bond donors (Lipinski definition) is 0. The van der Waals surface area contributed by atoms with Crippen molar-refractivity contribution in [3.05, 3.63) is 28.3 Å². The van der Waals surface area contributed by atoms with Crippen LogP contribution in [0, 0.1) is 18.3 Å². The molecule has 0 radical (unpaired) electrons. The Labute approximate surface area is 155 Å². The molecule has 3 aliphatic heterocycles. The van der Waals surface area contributed by atoms with Crippen LogP contribution in [0.2, 0.25) is 5.02 Å². The number of urea groups is 1. The second-order valence-corrected chi connectivity index (χ2v) is 7.23. The smallest absolute Gasteiger partial charge is 0.332 e. The minimum Gasteiger partial charge on any atom is -0.335 e. The predicted molar refractivity (Wildman–Crippen MR) is 93.6 cm³/mol. The van der Waals surface area contributed by atoms with Crippen molar-refractivity contribution in [1.29, 1.82) is 5.26 Å². The molecule has 4 rings (SSSR count). The SMILES string of the molecule is CCC(=O)N1C[C@H]2CC1[C@H]1C(=O)N(c3ccc(C#N)c(Cl)c3C)C(=O)N21. The van der Waals surface area contributed by atoms with Gasteiger partial charge in [0.05, 0.1) is 28.4 Å². The van der Waals surface area contributed by atoms with Gasteiger partial charge in [-0.2, -0.15) is 5.26 Å². The Bertz CT molecular complexity index is 893. The minimum absolute atomic E-state index is 0.00782. The quantitative estimate of drug-likeness (QED) is 0.744. The summed E-state index contributed by atoms with van der Waals surface area (Å²) in [6.07, 6.45) is 1.03. The van der Waals surface area contributed by atoms with E-state index in [-0.39, 0.29) is 35.0 Å². The van der Waals surface area contributed by atoms with Gasteiger partial charge in [0.2, 0.25) is 5.91 Å². The molecule has 8 heteroatoms. The van der Waals surface area contributed by atoms with Crippen molar-refractivity contribution in [3.8, 4) is 6.07 Å². The molecule has 3 atom stereocenters. The van der Waals surface area contributed by atoms with Crippen LogP contribution >= 0.6 is 11.6 Å². The first-order valence-corrected chi connectivity index (χ1v) is 8.93. The van der Waals surface area contributed by atoms with Crippen molar-refractivity contribution in [2.24, 2.45) is 0 Å². The van der Waals surface area contributed by atoms with Gasteiger partial charge in [-0.1, -0.05) is 18.5 Å². The molecule has 1 unspecified atom stereocenters. The van der Waals surface area contributed by atoms with Crippen LogP contribution in [0.15, 0.2) is 12.1 Å². The van der Waals surface area contributed by atoms with E-state index in [0.717, 1.165) is 4.90 Å². The van der Waals surface area contributed by atoms with Crippen molar-refractivity contribution in [1.82, 2.24) is 9.80 Å². The summed E-state index contributed by atoms with van der Waals surface area (Å²) < 4.78 is 0. The van der Waals surface area contributed by atoms with Gasteiger partial charge in [-0.05, 0) is 31.0 Å². The van der Waals surface area contributed by atoms with Gasteiger partial charge in [0.1, 0.15) is 12.1 Å². The standard InChI is InChI=1S/C18H17ClN4O3/c1-3-14(24)21-8-11-6-13(21)16-17(25)23(18(26)22(11)16)12-5-4-10(7-20)15(19)9(12)2/h4-5,11,13,16H,3,6,8H2,1-2H3/t11-,13?,16+/m1/s1. The molecule has 4 amide bonds. The fraction of sp³-hybridized carbons (Fsp3) is 0.444. The highest BCUT2D eigenvalue weighted by molar-refractivity contribution is 6.33. The first kappa shape index (κ1) is 16.9. The number of carbonyl (C=O) groups excluding carboxylic acids is 3. The number of imide groups is 1. The molecule has 3 aliphatic rings. The minimum atomic E-state index is -0.634. The number of hydrogen-bond acceptors (Lipinski definition) is 4. The Morgan fingerprint density at radius 3 is 2.77 bits per heavy atom. The lowest BCUT2D eigenvalue weighted by Gasteiger charge is -2.34. The van der Waals surface area contributed by atoms with Crippen LogP contribution in [-0.4, -0.2) is 52.3 Å². The third-order valence-electron chi connectivity index (χ3n) is 5.61. The Morgan fingerprint density at radius 1 is 1.38 bits per heavy atom. The molecule has 134 valence electrons. The van der Waals surface area contributed by atoms with Crippen LogP contribution in [0.4, 0.5) is 10.5 Å². The van der Waals surface area contributed by atoms with E-state index in [1.807, 2.05) is 6.07 Å². The van der Waals surface area contributed by atoms with E-state index in [4.69, 9.17) is 16.9 Å². The molecule has 3 saturated heterocycles. The fourth-order valence-electron chi connectivity index (χ4n) is 4.37. The number of nitriles is 1. The molecule has 0 saturated carbocycles. The third-order valence-corrected chi connectivity index (χ3v) is 6.09. The van der Waals surface area contributed by atoms with Crippen molar-refractivity contribution < 1.29 is 14.4 Å². The maximum Gasteiger partial charge on any atom is 0.332 e. The van der Waals surface area contributed by atoms with Gasteiger partial charge in [-0.15, -0.1) is 0 Å².